The second-order valence-corrected chi connectivity index (χ2v) is 2.91. The third-order valence-electron chi connectivity index (χ3n) is 2.07. The van der Waals surface area contributed by atoms with Crippen LogP contribution in [0.3, 0.4) is 0 Å². The SMILES string of the molecule is C[C@H]1CCCC[C@@H]1O.O=C=O. The summed E-state index contributed by atoms with van der Waals surface area (Å²) in [5, 5.41) is 9.18. The minimum absolute atomic E-state index is 0.00347. The Kier molecular flexibility index (Phi) is 5.71. The standard InChI is InChI=1S/C7H14O.CO2/c1-6-4-2-3-5-7(6)8;2-1-3/h6-8H,2-5H2,1H3;/t6-,7-;/m0./s1. The molecule has 0 aliphatic heterocycles. The first-order chi connectivity index (χ1) is 5.22. The summed E-state index contributed by atoms with van der Waals surface area (Å²) in [5.74, 6) is 0.559. The van der Waals surface area contributed by atoms with E-state index >= 15 is 0 Å². The molecule has 0 aromatic heterocycles. The van der Waals surface area contributed by atoms with Crippen LogP contribution in [0.5, 0.6) is 0 Å². The van der Waals surface area contributed by atoms with Crippen LogP contribution in [0.25, 0.3) is 0 Å². The number of rotatable bonds is 0. The fourth-order valence-corrected chi connectivity index (χ4v) is 1.30. The highest BCUT2D eigenvalue weighted by molar-refractivity contribution is 5.20. The van der Waals surface area contributed by atoms with Crippen LogP contribution < -0.4 is 0 Å². The lowest BCUT2D eigenvalue weighted by atomic mass is 9.88. The minimum atomic E-state index is 0.00347. The van der Waals surface area contributed by atoms with Crippen molar-refractivity contribution in [1.29, 1.82) is 0 Å². The summed E-state index contributed by atoms with van der Waals surface area (Å²) in [4.78, 5) is 16.2. The number of carbonyl (C=O) groups excluding carboxylic acids is 2. The summed E-state index contributed by atoms with van der Waals surface area (Å²) in [6.45, 7) is 2.13. The van der Waals surface area contributed by atoms with E-state index in [1.165, 1.54) is 19.3 Å². The van der Waals surface area contributed by atoms with Gasteiger partial charge in [0, 0.05) is 0 Å². The quantitative estimate of drug-likeness (QED) is 0.571. The van der Waals surface area contributed by atoms with Gasteiger partial charge in [-0.2, -0.15) is 9.59 Å². The Morgan fingerprint density at radius 1 is 1.27 bits per heavy atom. The maximum Gasteiger partial charge on any atom is 0.373 e. The van der Waals surface area contributed by atoms with Gasteiger partial charge in [0.15, 0.2) is 0 Å². The summed E-state index contributed by atoms with van der Waals surface area (Å²) < 4.78 is 0. The molecule has 0 aromatic rings. The van der Waals surface area contributed by atoms with Gasteiger partial charge in [-0.25, -0.2) is 0 Å². The Morgan fingerprint density at radius 3 is 2.00 bits per heavy atom. The zero-order chi connectivity index (χ0) is 8.69. The van der Waals surface area contributed by atoms with E-state index in [-0.39, 0.29) is 12.3 Å². The first kappa shape index (κ1) is 10.3. The van der Waals surface area contributed by atoms with Crippen molar-refractivity contribution in [1.82, 2.24) is 0 Å². The van der Waals surface area contributed by atoms with E-state index in [2.05, 4.69) is 6.92 Å². The molecule has 1 aliphatic carbocycles. The van der Waals surface area contributed by atoms with Crippen molar-refractivity contribution in [3.8, 4) is 0 Å². The Balaban J connectivity index is 0.000000292. The molecule has 0 bridgehead atoms. The molecule has 1 rings (SSSR count). The monoisotopic (exact) mass is 158 g/mol. The topological polar surface area (TPSA) is 54.4 Å². The molecule has 0 unspecified atom stereocenters. The van der Waals surface area contributed by atoms with E-state index in [9.17, 15) is 5.11 Å². The molecule has 2 atom stereocenters. The Morgan fingerprint density at radius 2 is 1.73 bits per heavy atom. The molecule has 0 heterocycles. The van der Waals surface area contributed by atoms with Crippen molar-refractivity contribution in [2.45, 2.75) is 38.7 Å². The molecule has 1 N–H and O–H groups in total. The molecule has 11 heavy (non-hydrogen) atoms. The zero-order valence-electron chi connectivity index (χ0n) is 6.75. The number of hydrogen-bond donors (Lipinski definition) is 1. The zero-order valence-corrected chi connectivity index (χ0v) is 6.75. The molecule has 3 heteroatoms. The summed E-state index contributed by atoms with van der Waals surface area (Å²) in [5.41, 5.74) is 0. The van der Waals surface area contributed by atoms with Gasteiger partial charge in [0.1, 0.15) is 0 Å². The van der Waals surface area contributed by atoms with Crippen molar-refractivity contribution >= 4 is 6.15 Å². The lowest BCUT2D eigenvalue weighted by Crippen LogP contribution is -2.21. The number of aliphatic hydroxyl groups excluding tert-OH is 1. The molecular formula is C8H14O3. The van der Waals surface area contributed by atoms with Gasteiger partial charge < -0.3 is 5.11 Å². The van der Waals surface area contributed by atoms with Crippen LogP contribution in [0.15, 0.2) is 0 Å². The minimum Gasteiger partial charge on any atom is -0.393 e. The molecule has 64 valence electrons. The fourth-order valence-electron chi connectivity index (χ4n) is 1.30. The van der Waals surface area contributed by atoms with Gasteiger partial charge in [-0.15, -0.1) is 0 Å². The molecule has 0 radical (unpaired) electrons. The molecule has 0 spiro atoms. The maximum atomic E-state index is 9.18. The third kappa shape index (κ3) is 4.71. The average molecular weight is 158 g/mol. The average Bonchev–Trinajstić information content (AvgIpc) is 1.97. The van der Waals surface area contributed by atoms with Gasteiger partial charge in [0.25, 0.3) is 0 Å². The van der Waals surface area contributed by atoms with Crippen LogP contribution in [0.1, 0.15) is 32.6 Å². The van der Waals surface area contributed by atoms with Crippen LogP contribution in [0.2, 0.25) is 0 Å². The Labute approximate surface area is 66.4 Å². The van der Waals surface area contributed by atoms with Crippen molar-refractivity contribution < 1.29 is 14.7 Å². The highest BCUT2D eigenvalue weighted by Gasteiger charge is 2.17. The molecule has 0 saturated heterocycles. The smallest absolute Gasteiger partial charge is 0.373 e. The molecule has 1 fully saturated rings. The van der Waals surface area contributed by atoms with Crippen molar-refractivity contribution in [3.63, 3.8) is 0 Å². The summed E-state index contributed by atoms with van der Waals surface area (Å²) in [7, 11) is 0. The van der Waals surface area contributed by atoms with E-state index in [0.717, 1.165) is 6.42 Å². The molecule has 0 aromatic carbocycles. The second kappa shape index (κ2) is 6.08. The predicted molar refractivity (Wildman–Crippen MR) is 38.6 cm³/mol. The molecule has 0 amide bonds. The van der Waals surface area contributed by atoms with Gasteiger partial charge in [0.2, 0.25) is 0 Å². The lowest BCUT2D eigenvalue weighted by molar-refractivity contribution is -0.191. The third-order valence-corrected chi connectivity index (χ3v) is 2.07. The van der Waals surface area contributed by atoms with E-state index in [1.54, 1.807) is 0 Å². The Hall–Kier alpha value is -0.660. The summed E-state index contributed by atoms with van der Waals surface area (Å²) >= 11 is 0. The highest BCUT2D eigenvalue weighted by Crippen LogP contribution is 2.22. The van der Waals surface area contributed by atoms with E-state index in [0.29, 0.717) is 5.92 Å². The van der Waals surface area contributed by atoms with E-state index in [1.807, 2.05) is 0 Å². The number of aliphatic hydroxyl groups is 1. The number of hydrogen-bond acceptors (Lipinski definition) is 3. The first-order valence-corrected chi connectivity index (χ1v) is 3.89. The maximum absolute atomic E-state index is 9.18. The van der Waals surface area contributed by atoms with Crippen LogP contribution in [-0.4, -0.2) is 17.4 Å². The highest BCUT2D eigenvalue weighted by atomic mass is 16.3. The fraction of sp³-hybridized carbons (Fsp3) is 0.875. The van der Waals surface area contributed by atoms with Crippen LogP contribution in [-0.2, 0) is 9.59 Å². The van der Waals surface area contributed by atoms with Crippen LogP contribution in [0.4, 0.5) is 0 Å². The predicted octanol–water partition coefficient (Wildman–Crippen LogP) is 0.974. The van der Waals surface area contributed by atoms with Crippen molar-refractivity contribution in [3.05, 3.63) is 0 Å². The van der Waals surface area contributed by atoms with Gasteiger partial charge in [-0.1, -0.05) is 19.8 Å². The normalized spacial score (nSPS) is 29.6. The molecule has 1 aliphatic rings. The lowest BCUT2D eigenvalue weighted by Gasteiger charge is -2.23. The van der Waals surface area contributed by atoms with Crippen molar-refractivity contribution in [2.75, 3.05) is 0 Å². The van der Waals surface area contributed by atoms with Crippen LogP contribution in [0, 0.1) is 5.92 Å². The molecular weight excluding hydrogens is 144 g/mol. The summed E-state index contributed by atoms with van der Waals surface area (Å²) in [6, 6.07) is 0. The van der Waals surface area contributed by atoms with E-state index < -0.39 is 0 Å². The molecule has 1 saturated carbocycles. The van der Waals surface area contributed by atoms with E-state index in [4.69, 9.17) is 9.59 Å². The summed E-state index contributed by atoms with van der Waals surface area (Å²) in [6.07, 6.45) is 5.05. The van der Waals surface area contributed by atoms with Gasteiger partial charge in [-0.3, -0.25) is 0 Å². The van der Waals surface area contributed by atoms with Gasteiger partial charge in [0.05, 0.1) is 6.10 Å². The van der Waals surface area contributed by atoms with Gasteiger partial charge in [-0.05, 0) is 18.8 Å². The first-order valence-electron chi connectivity index (χ1n) is 3.89. The van der Waals surface area contributed by atoms with Crippen molar-refractivity contribution in [2.24, 2.45) is 5.92 Å². The molecule has 3 nitrogen and oxygen atoms in total. The van der Waals surface area contributed by atoms with Gasteiger partial charge >= 0.3 is 6.15 Å². The Bertz CT molecular complexity index is 117. The van der Waals surface area contributed by atoms with Crippen LogP contribution >= 0.6 is 0 Å². The second-order valence-electron chi connectivity index (χ2n) is 2.91. The largest absolute Gasteiger partial charge is 0.393 e.